The summed E-state index contributed by atoms with van der Waals surface area (Å²) in [5.74, 6) is 0.438. The van der Waals surface area contributed by atoms with Crippen LogP contribution in [0, 0.1) is 0 Å². The normalized spacial score (nSPS) is 11.8. The van der Waals surface area contributed by atoms with E-state index in [4.69, 9.17) is 0 Å². The molecule has 0 spiro atoms. The number of benzene rings is 2. The minimum absolute atomic E-state index is 0.365. The standard InChI is InChI=1S/C16H19N3O3S/c1-11(2)12-3-5-13(6-4-12)17-16(20)18-14-7-9-15(10-8-14)19-23(21)22/h3-11,19H,1-2H3,(H,21,22)(H2,17,18,20)/p-1. The number of hydrogen-bond donors (Lipinski definition) is 3. The number of nitrogens with one attached hydrogen (secondary N) is 3. The molecule has 2 aromatic carbocycles. The van der Waals surface area contributed by atoms with Crippen LogP contribution in [-0.4, -0.2) is 14.8 Å². The molecule has 0 aromatic heterocycles. The number of carbonyl (C=O) groups excluding carboxylic acids is 1. The van der Waals surface area contributed by atoms with Crippen LogP contribution in [-0.2, 0) is 11.3 Å². The van der Waals surface area contributed by atoms with Crippen molar-refractivity contribution in [2.45, 2.75) is 19.8 Å². The highest BCUT2D eigenvalue weighted by Gasteiger charge is 2.04. The second-order valence-electron chi connectivity index (χ2n) is 5.27. The molecule has 122 valence electrons. The number of anilines is 3. The van der Waals surface area contributed by atoms with Gasteiger partial charge in [-0.25, -0.2) is 4.79 Å². The Bertz CT molecular complexity index is 685. The SMILES string of the molecule is CC(C)c1ccc(NC(=O)Nc2ccc(NS(=O)[O-])cc2)cc1. The Morgan fingerprint density at radius 3 is 1.78 bits per heavy atom. The lowest BCUT2D eigenvalue weighted by atomic mass is 10.0. The fourth-order valence-electron chi connectivity index (χ4n) is 1.96. The molecule has 1 atom stereocenters. The monoisotopic (exact) mass is 332 g/mol. The average molecular weight is 332 g/mol. The van der Waals surface area contributed by atoms with E-state index in [2.05, 4.69) is 29.2 Å². The molecule has 0 saturated heterocycles. The van der Waals surface area contributed by atoms with E-state index in [0.29, 0.717) is 23.0 Å². The van der Waals surface area contributed by atoms with Crippen molar-refractivity contribution in [3.05, 3.63) is 54.1 Å². The maximum Gasteiger partial charge on any atom is 0.323 e. The summed E-state index contributed by atoms with van der Waals surface area (Å²) in [5.41, 5.74) is 2.89. The molecule has 3 N–H and O–H groups in total. The van der Waals surface area contributed by atoms with E-state index in [1.54, 1.807) is 24.3 Å². The number of hydrogen-bond acceptors (Lipinski definition) is 3. The van der Waals surface area contributed by atoms with Gasteiger partial charge in [-0.2, -0.15) is 0 Å². The number of amides is 2. The largest absolute Gasteiger partial charge is 0.755 e. The van der Waals surface area contributed by atoms with E-state index >= 15 is 0 Å². The van der Waals surface area contributed by atoms with Crippen molar-refractivity contribution in [2.75, 3.05) is 15.4 Å². The molecule has 0 aliphatic rings. The summed E-state index contributed by atoms with van der Waals surface area (Å²) in [6, 6.07) is 13.6. The Balaban J connectivity index is 1.92. The van der Waals surface area contributed by atoms with Crippen molar-refractivity contribution in [3.8, 4) is 0 Å². The Kier molecular flexibility index (Phi) is 5.72. The van der Waals surface area contributed by atoms with Crippen LogP contribution in [0.4, 0.5) is 21.9 Å². The highest BCUT2D eigenvalue weighted by Crippen LogP contribution is 2.18. The first-order valence-corrected chi connectivity index (χ1v) is 8.15. The fraction of sp³-hybridized carbons (Fsp3) is 0.188. The topological polar surface area (TPSA) is 93.3 Å². The molecule has 0 saturated carbocycles. The summed E-state index contributed by atoms with van der Waals surface area (Å²) in [4.78, 5) is 11.9. The van der Waals surface area contributed by atoms with Gasteiger partial charge < -0.3 is 19.9 Å². The molecule has 2 amide bonds. The molecule has 23 heavy (non-hydrogen) atoms. The van der Waals surface area contributed by atoms with Crippen LogP contribution in [0.5, 0.6) is 0 Å². The zero-order chi connectivity index (χ0) is 16.8. The van der Waals surface area contributed by atoms with Gasteiger partial charge in [0.2, 0.25) is 0 Å². The molecular formula is C16H18N3O3S-. The van der Waals surface area contributed by atoms with E-state index in [9.17, 15) is 13.6 Å². The molecule has 0 aliphatic carbocycles. The third-order valence-corrected chi connectivity index (χ3v) is 3.58. The van der Waals surface area contributed by atoms with Gasteiger partial charge in [-0.1, -0.05) is 26.0 Å². The van der Waals surface area contributed by atoms with Gasteiger partial charge >= 0.3 is 6.03 Å². The maximum atomic E-state index is 11.9. The van der Waals surface area contributed by atoms with Crippen LogP contribution in [0.3, 0.4) is 0 Å². The molecule has 0 heterocycles. The van der Waals surface area contributed by atoms with Gasteiger partial charge in [0.1, 0.15) is 0 Å². The van der Waals surface area contributed by atoms with Gasteiger partial charge in [-0.15, -0.1) is 0 Å². The van der Waals surface area contributed by atoms with E-state index < -0.39 is 11.3 Å². The van der Waals surface area contributed by atoms with Crippen LogP contribution < -0.4 is 15.4 Å². The lowest BCUT2D eigenvalue weighted by Gasteiger charge is -2.11. The minimum atomic E-state index is -2.37. The van der Waals surface area contributed by atoms with E-state index in [-0.39, 0.29) is 6.03 Å². The van der Waals surface area contributed by atoms with Crippen molar-refractivity contribution in [1.82, 2.24) is 0 Å². The number of carbonyl (C=O) groups is 1. The first-order valence-electron chi connectivity index (χ1n) is 7.08. The van der Waals surface area contributed by atoms with E-state index in [1.165, 1.54) is 5.56 Å². The fourth-order valence-corrected chi connectivity index (χ4v) is 2.29. The van der Waals surface area contributed by atoms with Crippen LogP contribution in [0.25, 0.3) is 0 Å². The lowest BCUT2D eigenvalue weighted by molar-refractivity contribution is 0.262. The third-order valence-electron chi connectivity index (χ3n) is 3.18. The van der Waals surface area contributed by atoms with Crippen LogP contribution >= 0.6 is 0 Å². The molecule has 0 fully saturated rings. The summed E-state index contributed by atoms with van der Waals surface area (Å²) >= 11 is -2.37. The van der Waals surface area contributed by atoms with E-state index in [0.717, 1.165) is 0 Å². The molecule has 6 nitrogen and oxygen atoms in total. The van der Waals surface area contributed by atoms with Gasteiger partial charge in [-0.05, 0) is 47.9 Å². The first kappa shape index (κ1) is 17.0. The molecular weight excluding hydrogens is 314 g/mol. The zero-order valence-corrected chi connectivity index (χ0v) is 13.6. The number of rotatable bonds is 5. The Morgan fingerprint density at radius 2 is 1.35 bits per heavy atom. The van der Waals surface area contributed by atoms with Gasteiger partial charge in [0.05, 0.1) is 0 Å². The Hall–Kier alpha value is -2.38. The highest BCUT2D eigenvalue weighted by molar-refractivity contribution is 7.80. The second kappa shape index (κ2) is 7.75. The van der Waals surface area contributed by atoms with Crippen LogP contribution in [0.2, 0.25) is 0 Å². The predicted molar refractivity (Wildman–Crippen MR) is 92.2 cm³/mol. The Morgan fingerprint density at radius 1 is 0.913 bits per heavy atom. The zero-order valence-electron chi connectivity index (χ0n) is 12.8. The first-order chi connectivity index (χ1) is 10.9. The number of urea groups is 1. The predicted octanol–water partition coefficient (Wildman–Crippen LogP) is 3.66. The highest BCUT2D eigenvalue weighted by atomic mass is 32.2. The molecule has 2 aromatic rings. The quantitative estimate of drug-likeness (QED) is 0.729. The lowest BCUT2D eigenvalue weighted by Crippen LogP contribution is -2.19. The molecule has 1 unspecified atom stereocenters. The van der Waals surface area contributed by atoms with Gasteiger partial charge in [0.15, 0.2) is 0 Å². The molecule has 0 bridgehead atoms. The van der Waals surface area contributed by atoms with Crippen molar-refractivity contribution >= 4 is 34.4 Å². The summed E-state index contributed by atoms with van der Waals surface area (Å²) in [6.45, 7) is 4.21. The van der Waals surface area contributed by atoms with Crippen molar-refractivity contribution in [1.29, 1.82) is 0 Å². The third kappa shape index (κ3) is 5.39. The maximum absolute atomic E-state index is 11.9. The van der Waals surface area contributed by atoms with E-state index in [1.807, 2.05) is 24.3 Å². The summed E-state index contributed by atoms with van der Waals surface area (Å²) in [6.07, 6.45) is 0. The van der Waals surface area contributed by atoms with Crippen LogP contribution in [0.1, 0.15) is 25.3 Å². The van der Waals surface area contributed by atoms with Crippen LogP contribution in [0.15, 0.2) is 48.5 Å². The van der Waals surface area contributed by atoms with Crippen molar-refractivity contribution in [3.63, 3.8) is 0 Å². The summed E-state index contributed by atoms with van der Waals surface area (Å²) < 4.78 is 23.2. The summed E-state index contributed by atoms with van der Waals surface area (Å²) in [7, 11) is 0. The van der Waals surface area contributed by atoms with Gasteiger partial charge in [0, 0.05) is 28.3 Å². The smallest absolute Gasteiger partial charge is 0.323 e. The van der Waals surface area contributed by atoms with Crippen molar-refractivity contribution < 1.29 is 13.6 Å². The Labute approximate surface area is 137 Å². The average Bonchev–Trinajstić information content (AvgIpc) is 2.49. The summed E-state index contributed by atoms with van der Waals surface area (Å²) in [5, 5.41) is 5.42. The van der Waals surface area contributed by atoms with Gasteiger partial charge in [-0.3, -0.25) is 4.21 Å². The minimum Gasteiger partial charge on any atom is -0.755 e. The second-order valence-corrected chi connectivity index (χ2v) is 5.94. The molecule has 7 heteroatoms. The molecule has 2 rings (SSSR count). The van der Waals surface area contributed by atoms with Crippen molar-refractivity contribution in [2.24, 2.45) is 0 Å². The van der Waals surface area contributed by atoms with Gasteiger partial charge in [0.25, 0.3) is 0 Å². The molecule has 0 aliphatic heterocycles. The molecule has 0 radical (unpaired) electrons.